The van der Waals surface area contributed by atoms with E-state index in [0.29, 0.717) is 19.2 Å². The second kappa shape index (κ2) is 11.0. The van der Waals surface area contributed by atoms with Crippen LogP contribution in [0.3, 0.4) is 0 Å². The highest BCUT2D eigenvalue weighted by molar-refractivity contribution is 7.11. The monoisotopic (exact) mass is 471 g/mol. The van der Waals surface area contributed by atoms with Crippen molar-refractivity contribution in [3.63, 3.8) is 0 Å². The number of rotatable bonds is 8. The molecule has 8 heteroatoms. The number of nitrogens with zero attached hydrogens (tertiary/aromatic N) is 2. The number of aryl methyl sites for hydroxylation is 1. The summed E-state index contributed by atoms with van der Waals surface area (Å²) in [6.45, 7) is 6.21. The van der Waals surface area contributed by atoms with Crippen molar-refractivity contribution in [1.82, 2.24) is 9.80 Å². The number of hydrogen-bond acceptors (Lipinski definition) is 3. The molecule has 0 atom stereocenters. The first kappa shape index (κ1) is 24.4. The van der Waals surface area contributed by atoms with Crippen LogP contribution in [0.1, 0.15) is 29.2 Å². The molecule has 0 spiro atoms. The summed E-state index contributed by atoms with van der Waals surface area (Å²) in [5.74, 6) is -1.84. The highest BCUT2D eigenvalue weighted by Gasteiger charge is 2.25. The Balaban J connectivity index is 1.76. The number of halogens is 2. The van der Waals surface area contributed by atoms with E-state index in [9.17, 15) is 18.4 Å². The average molecular weight is 472 g/mol. The number of carbonyl (C=O) groups excluding carboxylic acids is 2. The second-order valence-electron chi connectivity index (χ2n) is 8.02. The third-order valence-corrected chi connectivity index (χ3v) is 6.06. The van der Waals surface area contributed by atoms with Crippen LogP contribution in [0.4, 0.5) is 19.3 Å². The van der Waals surface area contributed by atoms with Crippen molar-refractivity contribution in [2.24, 2.45) is 0 Å². The number of carbonyl (C=O) groups is 2. The molecule has 0 saturated carbocycles. The van der Waals surface area contributed by atoms with E-state index in [4.69, 9.17) is 0 Å². The van der Waals surface area contributed by atoms with E-state index in [-0.39, 0.29) is 24.2 Å². The first-order valence-electron chi connectivity index (χ1n) is 10.6. The zero-order valence-electron chi connectivity index (χ0n) is 18.8. The average Bonchev–Trinajstić information content (AvgIpc) is 3.18. The lowest BCUT2D eigenvalue weighted by Crippen LogP contribution is -2.47. The molecular formula is C25H27F2N3O2S. The quantitative estimate of drug-likeness (QED) is 0.451. The van der Waals surface area contributed by atoms with E-state index >= 15 is 0 Å². The molecule has 0 unspecified atom stereocenters. The maximum atomic E-state index is 14.0. The zero-order valence-corrected chi connectivity index (χ0v) is 19.7. The molecule has 3 aromatic rings. The number of anilines is 1. The van der Waals surface area contributed by atoms with Crippen LogP contribution in [0.5, 0.6) is 0 Å². The number of urea groups is 1. The largest absolute Gasteiger partial charge is 0.332 e. The van der Waals surface area contributed by atoms with Gasteiger partial charge in [0.05, 0.1) is 12.2 Å². The van der Waals surface area contributed by atoms with E-state index in [1.54, 1.807) is 30.1 Å². The lowest BCUT2D eigenvalue weighted by atomic mass is 10.2. The second-order valence-corrected chi connectivity index (χ2v) is 9.40. The first-order chi connectivity index (χ1) is 15.7. The molecule has 3 rings (SSSR count). The van der Waals surface area contributed by atoms with Gasteiger partial charge in [0.2, 0.25) is 5.91 Å². The first-order valence-corrected chi connectivity index (χ1v) is 11.4. The Hall–Kier alpha value is -3.26. The lowest BCUT2D eigenvalue weighted by Gasteiger charge is -2.30. The predicted molar refractivity (Wildman–Crippen MR) is 127 cm³/mol. The number of nitrogens with one attached hydrogen (secondary N) is 1. The molecule has 33 heavy (non-hydrogen) atoms. The zero-order chi connectivity index (χ0) is 24.0. The number of thiophene rings is 1. The Morgan fingerprint density at radius 3 is 2.33 bits per heavy atom. The maximum absolute atomic E-state index is 14.0. The highest BCUT2D eigenvalue weighted by Crippen LogP contribution is 2.20. The van der Waals surface area contributed by atoms with E-state index in [0.717, 1.165) is 27.5 Å². The van der Waals surface area contributed by atoms with Crippen molar-refractivity contribution in [3.05, 3.63) is 87.6 Å². The molecule has 1 heterocycles. The van der Waals surface area contributed by atoms with Crippen LogP contribution in [-0.2, 0) is 17.9 Å². The van der Waals surface area contributed by atoms with Gasteiger partial charge in [0.25, 0.3) is 0 Å². The minimum atomic E-state index is -0.878. The molecule has 3 amide bonds. The standard InChI is InChI=1S/C25H27F2N3O2S/c1-17(2)30(25(32)28-23-12-10-20(26)13-22(23)27)16-24(31)29(14-19-7-5-4-6-8-19)15-21-11-9-18(3)33-21/h4-13,17H,14-16H2,1-3H3,(H,28,32). The van der Waals surface area contributed by atoms with E-state index in [2.05, 4.69) is 5.32 Å². The van der Waals surface area contributed by atoms with Gasteiger partial charge in [-0.05, 0) is 50.6 Å². The minimum Gasteiger partial charge on any atom is -0.332 e. The molecule has 0 bridgehead atoms. The van der Waals surface area contributed by atoms with Crippen LogP contribution < -0.4 is 5.32 Å². The van der Waals surface area contributed by atoms with Crippen LogP contribution in [-0.4, -0.2) is 34.3 Å². The molecule has 0 aliphatic rings. The van der Waals surface area contributed by atoms with Gasteiger partial charge in [-0.25, -0.2) is 13.6 Å². The number of benzene rings is 2. The molecule has 2 aromatic carbocycles. The fraction of sp³-hybridized carbons (Fsp3) is 0.280. The van der Waals surface area contributed by atoms with Gasteiger partial charge in [-0.2, -0.15) is 0 Å². The van der Waals surface area contributed by atoms with Crippen molar-refractivity contribution in [3.8, 4) is 0 Å². The van der Waals surface area contributed by atoms with E-state index in [1.807, 2.05) is 49.4 Å². The maximum Gasteiger partial charge on any atom is 0.322 e. The Morgan fingerprint density at radius 2 is 1.73 bits per heavy atom. The van der Waals surface area contributed by atoms with Crippen LogP contribution in [0.25, 0.3) is 0 Å². The fourth-order valence-corrected chi connectivity index (χ4v) is 4.21. The highest BCUT2D eigenvalue weighted by atomic mass is 32.1. The third-order valence-electron chi connectivity index (χ3n) is 5.07. The van der Waals surface area contributed by atoms with Gasteiger partial charge >= 0.3 is 6.03 Å². The fourth-order valence-electron chi connectivity index (χ4n) is 3.31. The van der Waals surface area contributed by atoms with Crippen LogP contribution in [0, 0.1) is 18.6 Å². The summed E-state index contributed by atoms with van der Waals surface area (Å²) in [6.07, 6.45) is 0. The molecule has 0 saturated heterocycles. The van der Waals surface area contributed by atoms with Gasteiger partial charge in [-0.1, -0.05) is 30.3 Å². The van der Waals surface area contributed by atoms with Crippen molar-refractivity contribution in [2.75, 3.05) is 11.9 Å². The molecule has 0 radical (unpaired) electrons. The van der Waals surface area contributed by atoms with Crippen molar-refractivity contribution < 1.29 is 18.4 Å². The SMILES string of the molecule is Cc1ccc(CN(Cc2ccccc2)C(=O)CN(C(=O)Nc2ccc(F)cc2F)C(C)C)s1. The topological polar surface area (TPSA) is 52.7 Å². The molecule has 174 valence electrons. The molecular weight excluding hydrogens is 444 g/mol. The summed E-state index contributed by atoms with van der Waals surface area (Å²) in [4.78, 5) is 31.4. The summed E-state index contributed by atoms with van der Waals surface area (Å²) in [7, 11) is 0. The molecule has 1 N–H and O–H groups in total. The van der Waals surface area contributed by atoms with Crippen molar-refractivity contribution in [2.45, 2.75) is 39.9 Å². The van der Waals surface area contributed by atoms with Gasteiger partial charge in [0, 0.05) is 28.4 Å². The van der Waals surface area contributed by atoms with Gasteiger partial charge < -0.3 is 15.1 Å². The van der Waals surface area contributed by atoms with Crippen LogP contribution in [0.2, 0.25) is 0 Å². The number of hydrogen-bond donors (Lipinski definition) is 1. The Morgan fingerprint density at radius 1 is 1.00 bits per heavy atom. The molecule has 0 fully saturated rings. The molecule has 0 aliphatic carbocycles. The van der Waals surface area contributed by atoms with Crippen molar-refractivity contribution >= 4 is 29.0 Å². The lowest BCUT2D eigenvalue weighted by molar-refractivity contribution is -0.133. The Labute approximate surface area is 196 Å². The predicted octanol–water partition coefficient (Wildman–Crippen LogP) is 5.81. The molecule has 1 aromatic heterocycles. The minimum absolute atomic E-state index is 0.144. The van der Waals surface area contributed by atoms with Gasteiger partial charge in [0.1, 0.15) is 18.2 Å². The Bertz CT molecular complexity index is 1100. The third kappa shape index (κ3) is 6.86. The van der Waals surface area contributed by atoms with Crippen LogP contribution >= 0.6 is 11.3 Å². The smallest absolute Gasteiger partial charge is 0.322 e. The van der Waals surface area contributed by atoms with E-state index < -0.39 is 17.7 Å². The summed E-state index contributed by atoms with van der Waals surface area (Å²) in [6, 6.07) is 15.6. The van der Waals surface area contributed by atoms with Gasteiger partial charge in [-0.3, -0.25) is 4.79 Å². The van der Waals surface area contributed by atoms with E-state index in [1.165, 1.54) is 4.90 Å². The summed E-state index contributed by atoms with van der Waals surface area (Å²) >= 11 is 1.62. The summed E-state index contributed by atoms with van der Waals surface area (Å²) < 4.78 is 27.2. The Kier molecular flexibility index (Phi) is 8.16. The van der Waals surface area contributed by atoms with Gasteiger partial charge in [0.15, 0.2) is 0 Å². The number of amides is 3. The summed E-state index contributed by atoms with van der Waals surface area (Å²) in [5.41, 5.74) is 0.836. The van der Waals surface area contributed by atoms with Gasteiger partial charge in [-0.15, -0.1) is 11.3 Å². The van der Waals surface area contributed by atoms with Crippen LogP contribution in [0.15, 0.2) is 60.7 Å². The van der Waals surface area contributed by atoms with Crippen molar-refractivity contribution in [1.29, 1.82) is 0 Å². The summed E-state index contributed by atoms with van der Waals surface area (Å²) in [5, 5.41) is 2.44. The molecule has 0 aliphatic heterocycles. The normalized spacial score (nSPS) is 10.8. The molecule has 5 nitrogen and oxygen atoms in total.